The quantitative estimate of drug-likeness (QED) is 0.546. The molecule has 0 aromatic carbocycles. The molecule has 0 aliphatic heterocycles. The van der Waals surface area contributed by atoms with E-state index >= 15 is 0 Å². The van der Waals surface area contributed by atoms with Gasteiger partial charge in [-0.25, -0.2) is 0 Å². The smallest absolute Gasteiger partial charge is 0.113 e. The zero-order valence-corrected chi connectivity index (χ0v) is 8.46. The maximum absolute atomic E-state index is 2.44. The van der Waals surface area contributed by atoms with E-state index in [4.69, 9.17) is 0 Å². The van der Waals surface area contributed by atoms with Crippen LogP contribution in [0.2, 0.25) is 11.6 Å². The van der Waals surface area contributed by atoms with E-state index in [1.54, 1.807) is 0 Å². The molecule has 0 rings (SSSR count). The molecule has 56 valence electrons. The Morgan fingerprint density at radius 2 is 1.78 bits per heavy atom. The van der Waals surface area contributed by atoms with Gasteiger partial charge in [0.05, 0.1) is 0 Å². The molecule has 0 aliphatic rings. The van der Waals surface area contributed by atoms with Crippen LogP contribution in [0.5, 0.6) is 0 Å². The van der Waals surface area contributed by atoms with Crippen molar-refractivity contribution in [3.63, 3.8) is 0 Å². The molecule has 2 heteroatoms. The molecule has 9 heavy (non-hydrogen) atoms. The van der Waals surface area contributed by atoms with Gasteiger partial charge >= 0.3 is 0 Å². The fourth-order valence-electron chi connectivity index (χ4n) is 1.43. The van der Waals surface area contributed by atoms with Crippen molar-refractivity contribution >= 4 is 8.96 Å². The molecule has 0 fully saturated rings. The first-order chi connectivity index (χ1) is 4.09. The number of rotatable bonds is 3. The molecule has 0 saturated heterocycles. The SMILES string of the molecule is CC[SiH](C(C)C)N(C)C. The van der Waals surface area contributed by atoms with Crippen molar-refractivity contribution in [2.75, 3.05) is 14.1 Å². The monoisotopic (exact) mass is 145 g/mol. The van der Waals surface area contributed by atoms with Crippen LogP contribution in [-0.2, 0) is 0 Å². The number of nitrogens with zero attached hydrogens (tertiary/aromatic N) is 1. The predicted octanol–water partition coefficient (Wildman–Crippen LogP) is 1.70. The third-order valence-corrected chi connectivity index (χ3v) is 5.55. The van der Waals surface area contributed by atoms with E-state index in [1.165, 1.54) is 6.04 Å². The fourth-order valence-corrected chi connectivity index (χ4v) is 4.30. The molecular weight excluding hydrogens is 126 g/mol. The molecule has 1 nitrogen and oxygen atoms in total. The molecule has 0 N–H and O–H groups in total. The average Bonchev–Trinajstić information content (AvgIpc) is 1.64. The third-order valence-electron chi connectivity index (χ3n) is 1.85. The predicted molar refractivity (Wildman–Crippen MR) is 46.4 cm³/mol. The van der Waals surface area contributed by atoms with Crippen LogP contribution in [0, 0.1) is 0 Å². The van der Waals surface area contributed by atoms with Crippen molar-refractivity contribution in [3.05, 3.63) is 0 Å². The summed E-state index contributed by atoms with van der Waals surface area (Å²) in [6.45, 7) is 6.97. The summed E-state index contributed by atoms with van der Waals surface area (Å²) in [5, 5.41) is 0. The van der Waals surface area contributed by atoms with Crippen LogP contribution in [0.3, 0.4) is 0 Å². The molecule has 0 radical (unpaired) electrons. The highest BCUT2D eigenvalue weighted by molar-refractivity contribution is 6.57. The van der Waals surface area contributed by atoms with Crippen LogP contribution >= 0.6 is 0 Å². The van der Waals surface area contributed by atoms with E-state index in [0.717, 1.165) is 5.54 Å². The molecule has 0 aliphatic carbocycles. The summed E-state index contributed by atoms with van der Waals surface area (Å²) in [6.07, 6.45) is 0. The summed E-state index contributed by atoms with van der Waals surface area (Å²) in [7, 11) is 3.89. The van der Waals surface area contributed by atoms with Gasteiger partial charge in [0, 0.05) is 0 Å². The summed E-state index contributed by atoms with van der Waals surface area (Å²) in [4.78, 5) is 0. The van der Waals surface area contributed by atoms with Gasteiger partial charge in [-0.05, 0) is 25.7 Å². The topological polar surface area (TPSA) is 3.24 Å². The second-order valence-electron chi connectivity index (χ2n) is 3.18. The average molecular weight is 145 g/mol. The van der Waals surface area contributed by atoms with E-state index in [-0.39, 0.29) is 0 Å². The first kappa shape index (κ1) is 9.18. The Bertz CT molecular complexity index is 63.3. The van der Waals surface area contributed by atoms with Crippen molar-refractivity contribution in [1.29, 1.82) is 0 Å². The summed E-state index contributed by atoms with van der Waals surface area (Å²) in [6, 6.07) is 1.39. The Kier molecular flexibility index (Phi) is 4.15. The first-order valence-electron chi connectivity index (χ1n) is 3.76. The number of hydrogen-bond donors (Lipinski definition) is 0. The molecule has 0 aromatic rings. The van der Waals surface area contributed by atoms with Crippen LogP contribution in [0.1, 0.15) is 20.8 Å². The van der Waals surface area contributed by atoms with Crippen molar-refractivity contribution in [3.8, 4) is 0 Å². The van der Waals surface area contributed by atoms with Crippen molar-refractivity contribution in [2.24, 2.45) is 0 Å². The van der Waals surface area contributed by atoms with E-state index in [9.17, 15) is 0 Å². The lowest BCUT2D eigenvalue weighted by Gasteiger charge is -2.24. The van der Waals surface area contributed by atoms with Gasteiger partial charge in [0.25, 0.3) is 0 Å². The van der Waals surface area contributed by atoms with Crippen LogP contribution in [-0.4, -0.2) is 27.6 Å². The molecule has 0 saturated carbocycles. The Hall–Kier alpha value is 0.177. The largest absolute Gasteiger partial charge is 0.331 e. The maximum atomic E-state index is 2.44. The van der Waals surface area contributed by atoms with E-state index < -0.39 is 8.96 Å². The van der Waals surface area contributed by atoms with Crippen molar-refractivity contribution in [1.82, 2.24) is 4.57 Å². The number of hydrogen-bond acceptors (Lipinski definition) is 1. The van der Waals surface area contributed by atoms with Crippen LogP contribution in [0.25, 0.3) is 0 Å². The van der Waals surface area contributed by atoms with Gasteiger partial charge in [-0.15, -0.1) is 0 Å². The molecular formula is C7H19NSi. The summed E-state index contributed by atoms with van der Waals surface area (Å²) >= 11 is 0. The minimum Gasteiger partial charge on any atom is -0.331 e. The van der Waals surface area contributed by atoms with E-state index in [0.29, 0.717) is 0 Å². The van der Waals surface area contributed by atoms with Gasteiger partial charge in [0.2, 0.25) is 0 Å². The normalized spacial score (nSPS) is 15.0. The van der Waals surface area contributed by atoms with Gasteiger partial charge in [0.1, 0.15) is 8.96 Å². The van der Waals surface area contributed by atoms with Crippen LogP contribution in [0.4, 0.5) is 0 Å². The van der Waals surface area contributed by atoms with E-state index in [1.807, 2.05) is 0 Å². The zero-order valence-electron chi connectivity index (χ0n) is 7.31. The lowest BCUT2D eigenvalue weighted by Crippen LogP contribution is -2.34. The second kappa shape index (κ2) is 4.07. The summed E-state index contributed by atoms with van der Waals surface area (Å²) in [5.41, 5.74) is 0.921. The molecule has 0 amide bonds. The minimum absolute atomic E-state index is 0.526. The highest BCUT2D eigenvalue weighted by atomic mass is 28.3. The van der Waals surface area contributed by atoms with Gasteiger partial charge in [0.15, 0.2) is 0 Å². The van der Waals surface area contributed by atoms with Gasteiger partial charge < -0.3 is 4.57 Å². The maximum Gasteiger partial charge on any atom is 0.113 e. The Morgan fingerprint density at radius 1 is 1.33 bits per heavy atom. The zero-order chi connectivity index (χ0) is 7.44. The Balaban J connectivity index is 3.68. The second-order valence-corrected chi connectivity index (χ2v) is 7.50. The van der Waals surface area contributed by atoms with Crippen molar-refractivity contribution in [2.45, 2.75) is 32.4 Å². The highest BCUT2D eigenvalue weighted by Gasteiger charge is 2.14. The van der Waals surface area contributed by atoms with Gasteiger partial charge in [-0.3, -0.25) is 0 Å². The molecule has 0 aromatic heterocycles. The van der Waals surface area contributed by atoms with Crippen LogP contribution < -0.4 is 0 Å². The Labute approximate surface area is 60.7 Å². The molecule has 0 heterocycles. The van der Waals surface area contributed by atoms with Crippen LogP contribution in [0.15, 0.2) is 0 Å². The third kappa shape index (κ3) is 3.01. The minimum atomic E-state index is -0.526. The lowest BCUT2D eigenvalue weighted by atomic mass is 10.6. The van der Waals surface area contributed by atoms with Gasteiger partial charge in [-0.1, -0.05) is 20.8 Å². The highest BCUT2D eigenvalue weighted by Crippen LogP contribution is 2.12. The standard InChI is InChI=1S/C7H19NSi/c1-6-9(7(2)3)8(4)5/h7,9H,6H2,1-5H3. The molecule has 0 spiro atoms. The van der Waals surface area contributed by atoms with E-state index in [2.05, 4.69) is 39.4 Å². The Morgan fingerprint density at radius 3 is 1.78 bits per heavy atom. The molecule has 0 bridgehead atoms. The molecule has 1 atom stereocenters. The van der Waals surface area contributed by atoms with Gasteiger partial charge in [-0.2, -0.15) is 0 Å². The summed E-state index contributed by atoms with van der Waals surface area (Å²) in [5.74, 6) is 0. The molecule has 1 unspecified atom stereocenters. The lowest BCUT2D eigenvalue weighted by molar-refractivity contribution is 0.618. The van der Waals surface area contributed by atoms with Crippen molar-refractivity contribution < 1.29 is 0 Å². The summed E-state index contributed by atoms with van der Waals surface area (Å²) < 4.78 is 2.44. The first-order valence-corrected chi connectivity index (χ1v) is 5.76. The fraction of sp³-hybridized carbons (Fsp3) is 1.00.